The smallest absolute Gasteiger partial charge is 0.257 e. The summed E-state index contributed by atoms with van der Waals surface area (Å²) in [5, 5.41) is 12.0. The van der Waals surface area contributed by atoms with E-state index in [1.807, 2.05) is 6.07 Å². The van der Waals surface area contributed by atoms with Gasteiger partial charge in [-0.1, -0.05) is 23.2 Å². The predicted octanol–water partition coefficient (Wildman–Crippen LogP) is 3.70. The molecule has 20 heavy (non-hydrogen) atoms. The van der Waals surface area contributed by atoms with E-state index in [4.69, 9.17) is 34.2 Å². The second kappa shape index (κ2) is 5.83. The number of nitriles is 1. The molecule has 2 aromatic carbocycles. The Morgan fingerprint density at radius 3 is 2.50 bits per heavy atom. The molecule has 0 unspecified atom stereocenters. The molecule has 2 rings (SSSR count). The van der Waals surface area contributed by atoms with E-state index in [0.29, 0.717) is 22.5 Å². The van der Waals surface area contributed by atoms with E-state index in [-0.39, 0.29) is 16.0 Å². The van der Waals surface area contributed by atoms with E-state index in [2.05, 4.69) is 5.32 Å². The molecule has 0 spiro atoms. The number of nitrogens with zero attached hydrogens (tertiary/aromatic N) is 1. The SMILES string of the molecule is N#Cc1ccc(NC(=O)c2ccc(N)cc2Cl)cc1Cl. The van der Waals surface area contributed by atoms with Gasteiger partial charge in [-0.05, 0) is 36.4 Å². The Labute approximate surface area is 125 Å². The molecule has 0 fully saturated rings. The maximum absolute atomic E-state index is 12.1. The predicted molar refractivity (Wildman–Crippen MR) is 80.0 cm³/mol. The third kappa shape index (κ3) is 3.02. The molecule has 4 nitrogen and oxygen atoms in total. The van der Waals surface area contributed by atoms with Crippen LogP contribution in [0.1, 0.15) is 15.9 Å². The van der Waals surface area contributed by atoms with Crippen molar-refractivity contribution in [2.75, 3.05) is 11.1 Å². The van der Waals surface area contributed by atoms with E-state index in [1.54, 1.807) is 12.1 Å². The normalized spacial score (nSPS) is 9.85. The highest BCUT2D eigenvalue weighted by Crippen LogP contribution is 2.23. The quantitative estimate of drug-likeness (QED) is 0.830. The van der Waals surface area contributed by atoms with Crippen molar-refractivity contribution in [2.45, 2.75) is 0 Å². The monoisotopic (exact) mass is 305 g/mol. The fourth-order valence-corrected chi connectivity index (χ4v) is 2.10. The largest absolute Gasteiger partial charge is 0.399 e. The van der Waals surface area contributed by atoms with Gasteiger partial charge in [-0.25, -0.2) is 0 Å². The fraction of sp³-hybridized carbons (Fsp3) is 0. The Morgan fingerprint density at radius 1 is 1.15 bits per heavy atom. The molecule has 0 aliphatic rings. The number of nitrogen functional groups attached to an aromatic ring is 1. The third-order valence-corrected chi connectivity index (χ3v) is 3.21. The molecule has 2 aromatic rings. The number of nitrogens with one attached hydrogen (secondary N) is 1. The molecule has 1 amide bonds. The summed E-state index contributed by atoms with van der Waals surface area (Å²) in [7, 11) is 0. The molecule has 6 heteroatoms. The number of halogens is 2. The van der Waals surface area contributed by atoms with E-state index >= 15 is 0 Å². The first-order chi connectivity index (χ1) is 9.51. The topological polar surface area (TPSA) is 78.9 Å². The molecule has 0 saturated heterocycles. The van der Waals surface area contributed by atoms with Crippen molar-refractivity contribution in [1.29, 1.82) is 5.26 Å². The second-order valence-electron chi connectivity index (χ2n) is 4.00. The van der Waals surface area contributed by atoms with Gasteiger partial charge in [0.15, 0.2) is 0 Å². The van der Waals surface area contributed by atoms with Gasteiger partial charge in [0.05, 0.1) is 21.2 Å². The average molecular weight is 306 g/mol. The zero-order valence-corrected chi connectivity index (χ0v) is 11.7. The molecule has 0 aromatic heterocycles. The number of nitrogens with two attached hydrogens (primary N) is 1. The van der Waals surface area contributed by atoms with Gasteiger partial charge in [0, 0.05) is 11.4 Å². The Bertz CT molecular complexity index is 723. The molecule has 0 radical (unpaired) electrons. The van der Waals surface area contributed by atoms with Crippen LogP contribution in [0.5, 0.6) is 0 Å². The van der Waals surface area contributed by atoms with Crippen LogP contribution >= 0.6 is 23.2 Å². The van der Waals surface area contributed by atoms with Crippen LogP contribution < -0.4 is 11.1 Å². The second-order valence-corrected chi connectivity index (χ2v) is 4.81. The third-order valence-electron chi connectivity index (χ3n) is 2.59. The van der Waals surface area contributed by atoms with Gasteiger partial charge in [-0.2, -0.15) is 5.26 Å². The highest BCUT2D eigenvalue weighted by Gasteiger charge is 2.11. The van der Waals surface area contributed by atoms with Crippen LogP contribution in [-0.4, -0.2) is 5.91 Å². The summed E-state index contributed by atoms with van der Waals surface area (Å²) in [5.74, 6) is -0.379. The van der Waals surface area contributed by atoms with E-state index in [1.165, 1.54) is 24.3 Å². The number of anilines is 2. The van der Waals surface area contributed by atoms with Crippen LogP contribution in [0, 0.1) is 11.3 Å². The molecule has 0 aliphatic carbocycles. The lowest BCUT2D eigenvalue weighted by Crippen LogP contribution is -2.12. The van der Waals surface area contributed by atoms with Gasteiger partial charge in [0.2, 0.25) is 0 Å². The Kier molecular flexibility index (Phi) is 4.14. The van der Waals surface area contributed by atoms with Gasteiger partial charge < -0.3 is 11.1 Å². The van der Waals surface area contributed by atoms with Gasteiger partial charge in [-0.3, -0.25) is 4.79 Å². The molecule has 0 bridgehead atoms. The fourth-order valence-electron chi connectivity index (χ4n) is 1.60. The summed E-state index contributed by atoms with van der Waals surface area (Å²) < 4.78 is 0. The first-order valence-corrected chi connectivity index (χ1v) is 6.33. The molecule has 3 N–H and O–H groups in total. The molecular formula is C14H9Cl2N3O. The van der Waals surface area contributed by atoms with Crippen molar-refractivity contribution < 1.29 is 4.79 Å². The van der Waals surface area contributed by atoms with Crippen LogP contribution in [-0.2, 0) is 0 Å². The number of carbonyl (C=O) groups is 1. The van der Waals surface area contributed by atoms with E-state index in [9.17, 15) is 4.79 Å². The van der Waals surface area contributed by atoms with Crippen molar-refractivity contribution in [2.24, 2.45) is 0 Å². The molecule has 100 valence electrons. The number of hydrogen-bond donors (Lipinski definition) is 2. The van der Waals surface area contributed by atoms with Crippen molar-refractivity contribution in [3.05, 3.63) is 57.6 Å². The Morgan fingerprint density at radius 2 is 1.90 bits per heavy atom. The number of carbonyl (C=O) groups excluding carboxylic acids is 1. The van der Waals surface area contributed by atoms with Gasteiger partial charge in [-0.15, -0.1) is 0 Å². The Hall–Kier alpha value is -2.22. The van der Waals surface area contributed by atoms with Gasteiger partial charge in [0.1, 0.15) is 6.07 Å². The van der Waals surface area contributed by atoms with Crippen molar-refractivity contribution >= 4 is 40.5 Å². The van der Waals surface area contributed by atoms with Crippen molar-refractivity contribution in [3.63, 3.8) is 0 Å². The number of amides is 1. The average Bonchev–Trinajstić information content (AvgIpc) is 2.38. The lowest BCUT2D eigenvalue weighted by atomic mass is 10.1. The number of rotatable bonds is 2. The summed E-state index contributed by atoms with van der Waals surface area (Å²) in [6, 6.07) is 11.2. The highest BCUT2D eigenvalue weighted by molar-refractivity contribution is 6.35. The van der Waals surface area contributed by atoms with E-state index in [0.717, 1.165) is 0 Å². The zero-order valence-electron chi connectivity index (χ0n) is 10.2. The Balaban J connectivity index is 2.24. The molecule has 0 heterocycles. The zero-order chi connectivity index (χ0) is 14.7. The lowest BCUT2D eigenvalue weighted by molar-refractivity contribution is 0.102. The summed E-state index contributed by atoms with van der Waals surface area (Å²) in [6.07, 6.45) is 0. The van der Waals surface area contributed by atoms with Gasteiger partial charge >= 0.3 is 0 Å². The lowest BCUT2D eigenvalue weighted by Gasteiger charge is -2.08. The number of benzene rings is 2. The molecule has 0 saturated carbocycles. The minimum absolute atomic E-state index is 0.266. The van der Waals surface area contributed by atoms with E-state index < -0.39 is 0 Å². The number of hydrogen-bond acceptors (Lipinski definition) is 3. The standard InChI is InChI=1S/C14H9Cl2N3O/c15-12-6-10(3-1-8(12)7-17)19-14(20)11-4-2-9(18)5-13(11)16/h1-6H,18H2,(H,19,20). The molecule has 0 aliphatic heterocycles. The van der Waals surface area contributed by atoms with Crippen LogP contribution in [0.15, 0.2) is 36.4 Å². The minimum Gasteiger partial charge on any atom is -0.399 e. The maximum Gasteiger partial charge on any atom is 0.257 e. The molecular weight excluding hydrogens is 297 g/mol. The van der Waals surface area contributed by atoms with Crippen LogP contribution in [0.3, 0.4) is 0 Å². The minimum atomic E-state index is -0.379. The first kappa shape index (κ1) is 14.2. The maximum atomic E-state index is 12.1. The first-order valence-electron chi connectivity index (χ1n) is 5.57. The van der Waals surface area contributed by atoms with Crippen molar-refractivity contribution in [1.82, 2.24) is 0 Å². The summed E-state index contributed by atoms with van der Waals surface area (Å²) in [4.78, 5) is 12.1. The summed E-state index contributed by atoms with van der Waals surface area (Å²) >= 11 is 11.9. The van der Waals surface area contributed by atoms with Crippen molar-refractivity contribution in [3.8, 4) is 6.07 Å². The molecule has 0 atom stereocenters. The van der Waals surface area contributed by atoms with Crippen LogP contribution in [0.25, 0.3) is 0 Å². The van der Waals surface area contributed by atoms with Gasteiger partial charge in [0.25, 0.3) is 5.91 Å². The summed E-state index contributed by atoms with van der Waals surface area (Å²) in [6.45, 7) is 0. The van der Waals surface area contributed by atoms with Crippen LogP contribution in [0.4, 0.5) is 11.4 Å². The highest BCUT2D eigenvalue weighted by atomic mass is 35.5. The summed E-state index contributed by atoms with van der Waals surface area (Å²) in [5.41, 5.74) is 7.18. The van der Waals surface area contributed by atoms with Crippen LogP contribution in [0.2, 0.25) is 10.0 Å².